The summed E-state index contributed by atoms with van der Waals surface area (Å²) in [5.41, 5.74) is -2.65. The number of carboxylic acids is 1. The van der Waals surface area contributed by atoms with E-state index in [2.05, 4.69) is 15.3 Å². The number of nitrogens with zero attached hydrogens (tertiary/aromatic N) is 3. The molecule has 0 unspecified atom stereocenters. The smallest absolute Gasteiger partial charge is 0.434 e. The van der Waals surface area contributed by atoms with E-state index in [9.17, 15) is 27.9 Å². The van der Waals surface area contributed by atoms with Gasteiger partial charge in [0.05, 0.1) is 24.1 Å². The summed E-state index contributed by atoms with van der Waals surface area (Å²) in [6.07, 6.45) is 0.0867. The Morgan fingerprint density at radius 2 is 1.69 bits per heavy atom. The monoisotopic (exact) mass is 586 g/mol. The molecule has 2 aliphatic heterocycles. The Kier molecular flexibility index (Phi) is 6.24. The van der Waals surface area contributed by atoms with E-state index in [0.29, 0.717) is 81.7 Å². The lowest BCUT2D eigenvalue weighted by Gasteiger charge is -2.59. The number of methoxy groups -OCH3 is 1. The molecule has 6 aliphatic rings. The third kappa shape index (κ3) is 4.08. The molecule has 224 valence electrons. The van der Waals surface area contributed by atoms with Gasteiger partial charge in [-0.15, -0.1) is 0 Å². The third-order valence-electron chi connectivity index (χ3n) is 10.5. The SMILES string of the molecule is COc1ccc2c(n1)C1(CCOCC1)CN2c1ccc(C(=O)NC2(C(=O)O)C3CC4CC(C3)CC2C4)c(C(F)(F)F)n1. The van der Waals surface area contributed by atoms with Crippen molar-refractivity contribution in [2.24, 2.45) is 23.7 Å². The number of amides is 1. The molecule has 1 amide bonds. The Balaban J connectivity index is 1.25. The van der Waals surface area contributed by atoms with Gasteiger partial charge in [0.2, 0.25) is 5.88 Å². The van der Waals surface area contributed by atoms with E-state index >= 15 is 0 Å². The van der Waals surface area contributed by atoms with Crippen molar-refractivity contribution >= 4 is 23.4 Å². The summed E-state index contributed by atoms with van der Waals surface area (Å²) in [7, 11) is 1.51. The number of fused-ring (bicyclic) bond motifs is 2. The minimum atomic E-state index is -4.94. The van der Waals surface area contributed by atoms with Gasteiger partial charge in [-0.2, -0.15) is 13.2 Å². The van der Waals surface area contributed by atoms with Crippen LogP contribution in [0.15, 0.2) is 24.3 Å². The van der Waals surface area contributed by atoms with Crippen LogP contribution in [-0.4, -0.2) is 59.4 Å². The van der Waals surface area contributed by atoms with Crippen molar-refractivity contribution in [3.63, 3.8) is 0 Å². The maximum absolute atomic E-state index is 14.5. The first-order valence-corrected chi connectivity index (χ1v) is 14.6. The first-order chi connectivity index (χ1) is 20.0. The molecule has 0 radical (unpaired) electrons. The van der Waals surface area contributed by atoms with Gasteiger partial charge < -0.3 is 24.8 Å². The zero-order chi connectivity index (χ0) is 29.4. The minimum Gasteiger partial charge on any atom is -0.481 e. The predicted octanol–water partition coefficient (Wildman–Crippen LogP) is 4.71. The third-order valence-corrected chi connectivity index (χ3v) is 10.5. The molecular weight excluding hydrogens is 553 g/mol. The van der Waals surface area contributed by atoms with Gasteiger partial charge >= 0.3 is 12.1 Å². The number of rotatable bonds is 5. The quantitative estimate of drug-likeness (QED) is 0.518. The molecule has 4 aliphatic carbocycles. The number of hydrogen-bond donors (Lipinski definition) is 2. The average Bonchev–Trinajstić information content (AvgIpc) is 3.26. The number of carbonyl (C=O) groups is 2. The second kappa shape index (κ2) is 9.55. The Labute approximate surface area is 240 Å². The Hall–Kier alpha value is -3.41. The largest absolute Gasteiger partial charge is 0.481 e. The standard InChI is InChI=1S/C30H33F3N4O5/c1-41-23-5-3-21-25(35-23)28(6-8-42-9-7-28)15-37(21)22-4-2-20(24(34-22)30(31,32)33)26(38)36-29(27(39)40)18-11-16-10-17(13-18)14-19(29)12-16/h2-5,16-19H,6-15H2,1H3,(H,36,38)(H,39,40). The highest BCUT2D eigenvalue weighted by Crippen LogP contribution is 2.58. The van der Waals surface area contributed by atoms with Crippen molar-refractivity contribution in [1.82, 2.24) is 15.3 Å². The number of alkyl halides is 3. The highest BCUT2D eigenvalue weighted by molar-refractivity contribution is 5.99. The number of aliphatic carboxylic acids is 1. The highest BCUT2D eigenvalue weighted by Gasteiger charge is 2.62. The Morgan fingerprint density at radius 1 is 1.02 bits per heavy atom. The minimum absolute atomic E-state index is 0.0398. The number of hydrogen-bond acceptors (Lipinski definition) is 7. The fourth-order valence-corrected chi connectivity index (χ4v) is 8.77. The van der Waals surface area contributed by atoms with Crippen molar-refractivity contribution < 1.29 is 37.3 Å². The molecular formula is C30H33F3N4O5. The number of ether oxygens (including phenoxy) is 2. The van der Waals surface area contributed by atoms with Gasteiger partial charge in [0, 0.05) is 31.2 Å². The van der Waals surface area contributed by atoms with Crippen LogP contribution in [0, 0.1) is 23.7 Å². The van der Waals surface area contributed by atoms with Crippen LogP contribution in [0.25, 0.3) is 0 Å². The lowest BCUT2D eigenvalue weighted by molar-refractivity contribution is -0.163. The van der Waals surface area contributed by atoms with Crippen molar-refractivity contribution in [3.05, 3.63) is 41.2 Å². The topological polar surface area (TPSA) is 114 Å². The first kappa shape index (κ1) is 27.4. The van der Waals surface area contributed by atoms with E-state index < -0.39 is 40.3 Å². The molecule has 2 aromatic rings. The van der Waals surface area contributed by atoms with E-state index in [1.54, 1.807) is 17.0 Å². The summed E-state index contributed by atoms with van der Waals surface area (Å²) < 4.78 is 54.4. The molecule has 4 saturated carbocycles. The van der Waals surface area contributed by atoms with Gasteiger partial charge in [0.25, 0.3) is 5.91 Å². The van der Waals surface area contributed by atoms with E-state index in [0.717, 1.165) is 18.2 Å². The van der Waals surface area contributed by atoms with Gasteiger partial charge in [0.1, 0.15) is 11.4 Å². The number of aromatic nitrogens is 2. The summed E-state index contributed by atoms with van der Waals surface area (Å²) in [6.45, 7) is 1.36. The van der Waals surface area contributed by atoms with Crippen LogP contribution in [0.3, 0.4) is 0 Å². The van der Waals surface area contributed by atoms with Gasteiger partial charge in [-0.05, 0) is 86.8 Å². The summed E-state index contributed by atoms with van der Waals surface area (Å²) >= 11 is 0. The van der Waals surface area contributed by atoms with Gasteiger partial charge in [-0.25, -0.2) is 14.8 Å². The zero-order valence-electron chi connectivity index (χ0n) is 23.2. The number of carboxylic acid groups (broad SMARTS) is 1. The average molecular weight is 587 g/mol. The predicted molar refractivity (Wildman–Crippen MR) is 144 cm³/mol. The number of halogens is 3. The Morgan fingerprint density at radius 3 is 2.29 bits per heavy atom. The van der Waals surface area contributed by atoms with E-state index in [1.807, 2.05) is 0 Å². The number of carbonyl (C=O) groups excluding carboxylic acids is 1. The van der Waals surface area contributed by atoms with Gasteiger partial charge in [-0.1, -0.05) is 0 Å². The summed E-state index contributed by atoms with van der Waals surface area (Å²) in [5.74, 6) is -1.52. The van der Waals surface area contributed by atoms with Crippen LogP contribution in [0.5, 0.6) is 5.88 Å². The molecule has 1 saturated heterocycles. The molecule has 1 spiro atoms. The van der Waals surface area contributed by atoms with Crippen LogP contribution < -0.4 is 15.0 Å². The fourth-order valence-electron chi connectivity index (χ4n) is 8.77. The van der Waals surface area contributed by atoms with Crippen LogP contribution in [-0.2, 0) is 21.1 Å². The normalized spacial score (nSPS) is 30.8. The van der Waals surface area contributed by atoms with Crippen LogP contribution in [0.1, 0.15) is 66.7 Å². The van der Waals surface area contributed by atoms with E-state index in [4.69, 9.17) is 9.47 Å². The van der Waals surface area contributed by atoms with Crippen LogP contribution >= 0.6 is 0 Å². The highest BCUT2D eigenvalue weighted by atomic mass is 19.4. The van der Waals surface area contributed by atoms with Crippen molar-refractivity contribution in [2.75, 3.05) is 31.8 Å². The van der Waals surface area contributed by atoms with E-state index in [1.165, 1.54) is 13.2 Å². The lowest BCUT2D eigenvalue weighted by atomic mass is 9.48. The molecule has 0 atom stereocenters. The molecule has 5 fully saturated rings. The summed E-state index contributed by atoms with van der Waals surface area (Å²) in [6, 6.07) is 5.95. The van der Waals surface area contributed by atoms with Crippen molar-refractivity contribution in [2.45, 2.75) is 62.1 Å². The first-order valence-electron chi connectivity index (χ1n) is 14.6. The van der Waals surface area contributed by atoms with Gasteiger partial charge in [-0.3, -0.25) is 4.79 Å². The Bertz CT molecular complexity index is 1410. The molecule has 4 bridgehead atoms. The fraction of sp³-hybridized carbons (Fsp3) is 0.600. The number of nitrogens with one attached hydrogen (secondary N) is 1. The molecule has 2 aromatic heterocycles. The molecule has 42 heavy (non-hydrogen) atoms. The number of anilines is 2. The maximum atomic E-state index is 14.5. The van der Waals surface area contributed by atoms with Crippen molar-refractivity contribution in [3.8, 4) is 5.88 Å². The van der Waals surface area contributed by atoms with Gasteiger partial charge in [0.15, 0.2) is 5.69 Å². The van der Waals surface area contributed by atoms with Crippen LogP contribution in [0.2, 0.25) is 0 Å². The van der Waals surface area contributed by atoms with E-state index in [-0.39, 0.29) is 17.7 Å². The molecule has 0 aromatic carbocycles. The maximum Gasteiger partial charge on any atom is 0.434 e. The summed E-state index contributed by atoms with van der Waals surface area (Å²) in [5, 5.41) is 13.0. The second-order valence-corrected chi connectivity index (χ2v) is 12.7. The molecule has 12 heteroatoms. The zero-order valence-corrected chi connectivity index (χ0v) is 23.2. The molecule has 8 rings (SSSR count). The molecule has 2 N–H and O–H groups in total. The molecule has 4 heterocycles. The number of pyridine rings is 2. The van der Waals surface area contributed by atoms with Crippen molar-refractivity contribution in [1.29, 1.82) is 0 Å². The summed E-state index contributed by atoms with van der Waals surface area (Å²) in [4.78, 5) is 36.7. The van der Waals surface area contributed by atoms with Crippen LogP contribution in [0.4, 0.5) is 24.7 Å². The second-order valence-electron chi connectivity index (χ2n) is 12.7. The lowest BCUT2D eigenvalue weighted by Crippen LogP contribution is -2.70. The molecule has 9 nitrogen and oxygen atoms in total.